The summed E-state index contributed by atoms with van der Waals surface area (Å²) in [4.78, 5) is 26.6. The molecule has 1 aliphatic rings. The third-order valence-corrected chi connectivity index (χ3v) is 5.29. The number of rotatable bonds is 5. The molecule has 1 heterocycles. The average molecular weight is 401 g/mol. The summed E-state index contributed by atoms with van der Waals surface area (Å²) in [5.41, 5.74) is 9.32. The lowest BCUT2D eigenvalue weighted by Crippen LogP contribution is -2.29. The second kappa shape index (κ2) is 8.29. The number of benzene rings is 3. The number of ether oxygens (including phenoxy) is 1. The maximum Gasteiger partial charge on any atom is 0.248 e. The summed E-state index contributed by atoms with van der Waals surface area (Å²) in [5, 5.41) is 2.94. The minimum absolute atomic E-state index is 0.111. The molecule has 3 N–H and O–H groups in total. The number of anilines is 2. The predicted octanol–water partition coefficient (Wildman–Crippen LogP) is 3.88. The van der Waals surface area contributed by atoms with Crippen LogP contribution in [0.25, 0.3) is 0 Å². The van der Waals surface area contributed by atoms with E-state index in [0.717, 1.165) is 22.6 Å². The summed E-state index contributed by atoms with van der Waals surface area (Å²) in [6.07, 6.45) is 0.286. The summed E-state index contributed by atoms with van der Waals surface area (Å²) in [7, 11) is 1.64. The molecule has 3 aromatic carbocycles. The largest absolute Gasteiger partial charge is 0.497 e. The second-order valence-electron chi connectivity index (χ2n) is 7.25. The molecule has 1 aliphatic heterocycles. The van der Waals surface area contributed by atoms with Gasteiger partial charge in [0, 0.05) is 12.1 Å². The molecule has 30 heavy (non-hydrogen) atoms. The van der Waals surface area contributed by atoms with E-state index >= 15 is 0 Å². The molecule has 0 saturated carbocycles. The Morgan fingerprint density at radius 3 is 2.63 bits per heavy atom. The van der Waals surface area contributed by atoms with Crippen molar-refractivity contribution < 1.29 is 14.3 Å². The summed E-state index contributed by atoms with van der Waals surface area (Å²) in [5.74, 6) is 0.132. The summed E-state index contributed by atoms with van der Waals surface area (Å²) >= 11 is 0. The Labute approximate surface area is 175 Å². The molecule has 152 valence electrons. The zero-order chi connectivity index (χ0) is 21.1. The molecule has 2 amide bonds. The van der Waals surface area contributed by atoms with E-state index in [4.69, 9.17) is 10.5 Å². The number of nitrogens with zero attached hydrogens (tertiary/aromatic N) is 1. The first-order chi connectivity index (χ1) is 14.5. The fourth-order valence-corrected chi connectivity index (χ4v) is 3.83. The molecule has 0 spiro atoms. The molecule has 1 unspecified atom stereocenters. The number of carbonyl (C=O) groups excluding carboxylic acids is 2. The number of hydrogen-bond donors (Lipinski definition) is 2. The molecular formula is C24H23N3O3. The van der Waals surface area contributed by atoms with Gasteiger partial charge in [0.2, 0.25) is 11.8 Å². The highest BCUT2D eigenvalue weighted by Gasteiger charge is 2.30. The van der Waals surface area contributed by atoms with Crippen LogP contribution in [0.15, 0.2) is 72.8 Å². The minimum atomic E-state index is -0.532. The van der Waals surface area contributed by atoms with E-state index < -0.39 is 5.91 Å². The molecule has 0 aliphatic carbocycles. The van der Waals surface area contributed by atoms with E-state index in [1.807, 2.05) is 60.7 Å². The lowest BCUT2D eigenvalue weighted by Gasteiger charge is -2.33. The van der Waals surface area contributed by atoms with E-state index in [1.54, 1.807) is 19.2 Å². The van der Waals surface area contributed by atoms with E-state index in [1.165, 1.54) is 0 Å². The third kappa shape index (κ3) is 3.98. The number of fused-ring (bicyclic) bond motifs is 1. The Hall–Kier alpha value is -3.80. The van der Waals surface area contributed by atoms with Crippen LogP contribution >= 0.6 is 0 Å². The molecule has 3 aromatic rings. The second-order valence-corrected chi connectivity index (χ2v) is 7.25. The van der Waals surface area contributed by atoms with Gasteiger partial charge >= 0.3 is 0 Å². The highest BCUT2D eigenvalue weighted by molar-refractivity contribution is 6.00. The Morgan fingerprint density at radius 2 is 1.90 bits per heavy atom. The van der Waals surface area contributed by atoms with E-state index in [2.05, 4.69) is 10.2 Å². The zero-order valence-electron chi connectivity index (χ0n) is 16.7. The number of nitrogens with one attached hydrogen (secondary N) is 1. The summed E-state index contributed by atoms with van der Waals surface area (Å²) in [6.45, 7) is 0.564. The Balaban J connectivity index is 1.83. The summed E-state index contributed by atoms with van der Waals surface area (Å²) < 4.78 is 5.37. The van der Waals surface area contributed by atoms with Crippen LogP contribution in [-0.4, -0.2) is 18.9 Å². The molecule has 0 saturated heterocycles. The van der Waals surface area contributed by atoms with Crippen LogP contribution in [-0.2, 0) is 11.3 Å². The zero-order valence-corrected chi connectivity index (χ0v) is 16.7. The minimum Gasteiger partial charge on any atom is -0.497 e. The number of amides is 2. The highest BCUT2D eigenvalue weighted by atomic mass is 16.5. The molecule has 6 nitrogen and oxygen atoms in total. The highest BCUT2D eigenvalue weighted by Crippen LogP contribution is 2.39. The van der Waals surface area contributed by atoms with Crippen LogP contribution in [0, 0.1) is 0 Å². The van der Waals surface area contributed by atoms with Crippen molar-refractivity contribution in [2.75, 3.05) is 17.3 Å². The normalized spacial score (nSPS) is 15.7. The molecule has 0 fully saturated rings. The van der Waals surface area contributed by atoms with Gasteiger partial charge in [0.05, 0.1) is 30.9 Å². The van der Waals surface area contributed by atoms with Gasteiger partial charge in [0.25, 0.3) is 0 Å². The van der Waals surface area contributed by atoms with Crippen molar-refractivity contribution in [1.29, 1.82) is 0 Å². The van der Waals surface area contributed by atoms with Crippen LogP contribution < -0.4 is 20.7 Å². The van der Waals surface area contributed by atoms with Crippen molar-refractivity contribution in [3.05, 3.63) is 89.5 Å². The van der Waals surface area contributed by atoms with Crippen molar-refractivity contribution in [1.82, 2.24) is 0 Å². The van der Waals surface area contributed by atoms with Gasteiger partial charge in [-0.3, -0.25) is 9.59 Å². The molecule has 6 heteroatoms. The number of carbonyl (C=O) groups is 2. The average Bonchev–Trinajstić information content (AvgIpc) is 2.90. The van der Waals surface area contributed by atoms with Gasteiger partial charge in [-0.2, -0.15) is 0 Å². The lowest BCUT2D eigenvalue weighted by atomic mass is 10.00. The molecule has 0 bridgehead atoms. The van der Waals surface area contributed by atoms with Crippen molar-refractivity contribution in [3.8, 4) is 5.75 Å². The Kier molecular flexibility index (Phi) is 5.39. The van der Waals surface area contributed by atoms with Crippen LogP contribution in [0.2, 0.25) is 0 Å². The van der Waals surface area contributed by atoms with E-state index in [9.17, 15) is 9.59 Å². The first kappa shape index (κ1) is 19.5. The van der Waals surface area contributed by atoms with Gasteiger partial charge in [0.1, 0.15) is 5.75 Å². The first-order valence-electron chi connectivity index (χ1n) is 9.73. The predicted molar refractivity (Wildman–Crippen MR) is 117 cm³/mol. The number of nitrogens with two attached hydrogens (primary N) is 1. The topological polar surface area (TPSA) is 84.7 Å². The SMILES string of the molecule is COc1cccc(CN2c3ccc(C(N)=O)cc3NC(=O)CC2c2ccccc2)c1. The van der Waals surface area contributed by atoms with E-state index in [-0.39, 0.29) is 18.4 Å². The maximum absolute atomic E-state index is 12.7. The maximum atomic E-state index is 12.7. The summed E-state index contributed by atoms with van der Waals surface area (Å²) in [6, 6.07) is 22.8. The quantitative estimate of drug-likeness (QED) is 0.679. The van der Waals surface area contributed by atoms with Gasteiger partial charge < -0.3 is 20.7 Å². The molecule has 1 atom stereocenters. The van der Waals surface area contributed by atoms with Crippen LogP contribution in [0.3, 0.4) is 0 Å². The lowest BCUT2D eigenvalue weighted by molar-refractivity contribution is -0.116. The third-order valence-electron chi connectivity index (χ3n) is 5.29. The number of hydrogen-bond acceptors (Lipinski definition) is 4. The Morgan fingerprint density at radius 1 is 1.10 bits per heavy atom. The van der Waals surface area contributed by atoms with Crippen LogP contribution in [0.5, 0.6) is 5.75 Å². The number of methoxy groups -OCH3 is 1. The van der Waals surface area contributed by atoms with Crippen molar-refractivity contribution in [2.24, 2.45) is 5.73 Å². The molecular weight excluding hydrogens is 378 g/mol. The van der Waals surface area contributed by atoms with Gasteiger partial charge in [-0.1, -0.05) is 42.5 Å². The number of primary amides is 1. The first-order valence-corrected chi connectivity index (χ1v) is 9.73. The van der Waals surface area contributed by atoms with Crippen LogP contribution in [0.4, 0.5) is 11.4 Å². The van der Waals surface area contributed by atoms with Crippen molar-refractivity contribution in [2.45, 2.75) is 19.0 Å². The molecule has 4 rings (SSSR count). The van der Waals surface area contributed by atoms with Gasteiger partial charge in [-0.05, 0) is 41.5 Å². The van der Waals surface area contributed by atoms with Gasteiger partial charge in [-0.15, -0.1) is 0 Å². The Bertz CT molecular complexity index is 1080. The molecule has 0 radical (unpaired) electrons. The van der Waals surface area contributed by atoms with Crippen molar-refractivity contribution in [3.63, 3.8) is 0 Å². The van der Waals surface area contributed by atoms with Gasteiger partial charge in [0.15, 0.2) is 0 Å². The molecule has 0 aromatic heterocycles. The van der Waals surface area contributed by atoms with Crippen LogP contribution in [0.1, 0.15) is 33.9 Å². The fourth-order valence-electron chi connectivity index (χ4n) is 3.83. The monoisotopic (exact) mass is 401 g/mol. The van der Waals surface area contributed by atoms with Crippen molar-refractivity contribution >= 4 is 23.2 Å². The smallest absolute Gasteiger partial charge is 0.248 e. The van der Waals surface area contributed by atoms with Gasteiger partial charge in [-0.25, -0.2) is 0 Å². The standard InChI is InChI=1S/C24H23N3O3/c1-30-19-9-5-6-16(12-19)15-27-21-11-10-18(24(25)29)13-20(21)26-23(28)14-22(27)17-7-3-2-4-8-17/h2-13,22H,14-15H2,1H3,(H2,25,29)(H,26,28). The van der Waals surface area contributed by atoms with E-state index in [0.29, 0.717) is 17.8 Å². The fraction of sp³-hybridized carbons (Fsp3) is 0.167.